The van der Waals surface area contributed by atoms with E-state index in [2.05, 4.69) is 4.98 Å². The molecule has 1 aromatic heterocycles. The standard InChI is InChI=1S/C24H29NO6/c1-7-30-24(29)21-15(4)22(25-16(21)5)23(28)17(6)31-20(27)11-10-19(26)18-12-13(2)8-9-14(18)3/h8-9,12,17,25H,7,10-11H2,1-6H3/t17-/m1/s1. The van der Waals surface area contributed by atoms with Gasteiger partial charge in [-0.2, -0.15) is 0 Å². The van der Waals surface area contributed by atoms with Crippen molar-refractivity contribution in [2.24, 2.45) is 0 Å². The summed E-state index contributed by atoms with van der Waals surface area (Å²) in [5.41, 5.74) is 3.87. The second-order valence-corrected chi connectivity index (χ2v) is 7.58. The van der Waals surface area contributed by atoms with Crippen LogP contribution in [0.3, 0.4) is 0 Å². The van der Waals surface area contributed by atoms with E-state index >= 15 is 0 Å². The number of hydrogen-bond acceptors (Lipinski definition) is 6. The maximum atomic E-state index is 12.8. The summed E-state index contributed by atoms with van der Waals surface area (Å²) in [7, 11) is 0. The first-order valence-electron chi connectivity index (χ1n) is 10.3. The molecule has 0 saturated heterocycles. The number of nitrogens with one attached hydrogen (secondary N) is 1. The molecule has 2 aromatic rings. The zero-order chi connectivity index (χ0) is 23.3. The maximum Gasteiger partial charge on any atom is 0.340 e. The smallest absolute Gasteiger partial charge is 0.340 e. The molecular weight excluding hydrogens is 398 g/mol. The van der Waals surface area contributed by atoms with Gasteiger partial charge in [0, 0.05) is 17.7 Å². The quantitative estimate of drug-likeness (QED) is 0.475. The summed E-state index contributed by atoms with van der Waals surface area (Å²) in [6, 6.07) is 5.59. The highest BCUT2D eigenvalue weighted by Crippen LogP contribution is 2.21. The fourth-order valence-corrected chi connectivity index (χ4v) is 3.41. The fourth-order valence-electron chi connectivity index (χ4n) is 3.41. The van der Waals surface area contributed by atoms with Crippen molar-refractivity contribution < 1.29 is 28.7 Å². The van der Waals surface area contributed by atoms with Crippen LogP contribution in [0.4, 0.5) is 0 Å². The molecule has 2 rings (SSSR count). The monoisotopic (exact) mass is 427 g/mol. The molecule has 31 heavy (non-hydrogen) atoms. The predicted octanol–water partition coefficient (Wildman–Crippen LogP) is 4.20. The van der Waals surface area contributed by atoms with E-state index in [-0.39, 0.29) is 30.9 Å². The summed E-state index contributed by atoms with van der Waals surface area (Å²) in [5.74, 6) is -1.74. The highest BCUT2D eigenvalue weighted by molar-refractivity contribution is 6.04. The Bertz CT molecular complexity index is 1020. The van der Waals surface area contributed by atoms with Gasteiger partial charge in [-0.15, -0.1) is 0 Å². The van der Waals surface area contributed by atoms with Crippen molar-refractivity contribution in [2.45, 2.75) is 60.5 Å². The Morgan fingerprint density at radius 3 is 2.35 bits per heavy atom. The van der Waals surface area contributed by atoms with E-state index in [1.807, 2.05) is 26.0 Å². The molecule has 0 unspecified atom stereocenters. The Hall–Kier alpha value is -3.22. The summed E-state index contributed by atoms with van der Waals surface area (Å²) < 4.78 is 10.3. The Morgan fingerprint density at radius 1 is 1.03 bits per heavy atom. The molecule has 1 atom stereocenters. The highest BCUT2D eigenvalue weighted by Gasteiger charge is 2.27. The van der Waals surface area contributed by atoms with Crippen LogP contribution in [0.15, 0.2) is 18.2 Å². The molecule has 0 radical (unpaired) electrons. The molecule has 1 aromatic carbocycles. The third-order valence-electron chi connectivity index (χ3n) is 5.09. The van der Waals surface area contributed by atoms with Crippen LogP contribution in [0.2, 0.25) is 0 Å². The lowest BCUT2D eigenvalue weighted by atomic mass is 9.99. The van der Waals surface area contributed by atoms with E-state index in [1.54, 1.807) is 26.8 Å². The molecule has 0 aliphatic rings. The number of aryl methyl sites for hydroxylation is 3. The third-order valence-corrected chi connectivity index (χ3v) is 5.09. The molecule has 166 valence electrons. The first kappa shape index (κ1) is 24.1. The molecule has 0 aliphatic carbocycles. The number of Topliss-reactive ketones (excluding diaryl/α,β-unsaturated/α-hetero) is 2. The van der Waals surface area contributed by atoms with Gasteiger partial charge in [0.15, 0.2) is 11.9 Å². The van der Waals surface area contributed by atoms with Gasteiger partial charge in [-0.3, -0.25) is 14.4 Å². The number of carbonyl (C=O) groups is 4. The van der Waals surface area contributed by atoms with Crippen molar-refractivity contribution in [2.75, 3.05) is 6.61 Å². The van der Waals surface area contributed by atoms with Gasteiger partial charge >= 0.3 is 11.9 Å². The summed E-state index contributed by atoms with van der Waals surface area (Å²) in [4.78, 5) is 52.4. The number of esters is 2. The van der Waals surface area contributed by atoms with Gasteiger partial charge in [-0.05, 0) is 58.7 Å². The van der Waals surface area contributed by atoms with Crippen molar-refractivity contribution in [1.29, 1.82) is 0 Å². The highest BCUT2D eigenvalue weighted by atomic mass is 16.5. The van der Waals surface area contributed by atoms with Crippen LogP contribution in [-0.2, 0) is 14.3 Å². The van der Waals surface area contributed by atoms with Crippen LogP contribution in [0, 0.1) is 27.7 Å². The average Bonchev–Trinajstić information content (AvgIpc) is 3.01. The maximum absolute atomic E-state index is 12.8. The normalized spacial score (nSPS) is 11.7. The van der Waals surface area contributed by atoms with Gasteiger partial charge in [0.2, 0.25) is 5.78 Å². The molecular formula is C24H29NO6. The van der Waals surface area contributed by atoms with E-state index in [0.29, 0.717) is 22.4 Å². The van der Waals surface area contributed by atoms with Gasteiger partial charge in [-0.25, -0.2) is 4.79 Å². The Kier molecular flexibility index (Phi) is 7.91. The minimum Gasteiger partial charge on any atom is -0.462 e. The molecule has 1 N–H and O–H groups in total. The van der Waals surface area contributed by atoms with Gasteiger partial charge < -0.3 is 14.5 Å². The van der Waals surface area contributed by atoms with Crippen molar-refractivity contribution in [3.63, 3.8) is 0 Å². The number of carbonyl (C=O) groups excluding carboxylic acids is 4. The van der Waals surface area contributed by atoms with Crippen molar-refractivity contribution in [1.82, 2.24) is 4.98 Å². The van der Waals surface area contributed by atoms with Crippen LogP contribution >= 0.6 is 0 Å². The first-order chi connectivity index (χ1) is 14.6. The van der Waals surface area contributed by atoms with E-state index in [9.17, 15) is 19.2 Å². The molecule has 1 heterocycles. The number of aromatic nitrogens is 1. The molecule has 0 aliphatic heterocycles. The first-order valence-corrected chi connectivity index (χ1v) is 10.3. The van der Waals surface area contributed by atoms with Crippen LogP contribution in [0.25, 0.3) is 0 Å². The number of rotatable bonds is 9. The second-order valence-electron chi connectivity index (χ2n) is 7.58. The lowest BCUT2D eigenvalue weighted by molar-refractivity contribution is -0.146. The van der Waals surface area contributed by atoms with Crippen molar-refractivity contribution >= 4 is 23.5 Å². The molecule has 0 fully saturated rings. The molecule has 0 bridgehead atoms. The second kappa shape index (κ2) is 10.2. The van der Waals surface area contributed by atoms with Crippen LogP contribution < -0.4 is 0 Å². The summed E-state index contributed by atoms with van der Waals surface area (Å²) in [6.45, 7) is 10.4. The molecule has 0 spiro atoms. The van der Waals surface area contributed by atoms with Gasteiger partial charge in [0.05, 0.1) is 24.3 Å². The zero-order valence-corrected chi connectivity index (χ0v) is 18.9. The summed E-state index contributed by atoms with van der Waals surface area (Å²) in [6.07, 6.45) is -1.19. The topological polar surface area (TPSA) is 103 Å². The molecule has 7 nitrogen and oxygen atoms in total. The number of ether oxygens (including phenoxy) is 2. The SMILES string of the molecule is CCOC(=O)c1c(C)[nH]c(C(=O)[C@@H](C)OC(=O)CCC(=O)c2cc(C)ccc2C)c1C. The van der Waals surface area contributed by atoms with E-state index in [4.69, 9.17) is 9.47 Å². The summed E-state index contributed by atoms with van der Waals surface area (Å²) in [5, 5.41) is 0. The number of benzene rings is 1. The van der Waals surface area contributed by atoms with Crippen molar-refractivity contribution in [3.05, 3.63) is 57.4 Å². The minimum absolute atomic E-state index is 0.00230. The number of H-pyrrole nitrogens is 1. The van der Waals surface area contributed by atoms with Gasteiger partial charge in [0.1, 0.15) is 0 Å². The molecule has 0 amide bonds. The van der Waals surface area contributed by atoms with Gasteiger partial charge in [0.25, 0.3) is 0 Å². The van der Waals surface area contributed by atoms with Crippen molar-refractivity contribution in [3.8, 4) is 0 Å². The Morgan fingerprint density at radius 2 is 1.71 bits per heavy atom. The number of aromatic amines is 1. The van der Waals surface area contributed by atoms with Gasteiger partial charge in [-0.1, -0.05) is 17.7 Å². The van der Waals surface area contributed by atoms with Crippen LogP contribution in [-0.4, -0.2) is 41.2 Å². The minimum atomic E-state index is -1.06. The third kappa shape index (κ3) is 5.69. The van der Waals surface area contributed by atoms with E-state index in [1.165, 1.54) is 6.92 Å². The lowest BCUT2D eigenvalue weighted by Gasteiger charge is -2.12. The van der Waals surface area contributed by atoms with Crippen LogP contribution in [0.5, 0.6) is 0 Å². The largest absolute Gasteiger partial charge is 0.462 e. The predicted molar refractivity (Wildman–Crippen MR) is 116 cm³/mol. The number of ketones is 2. The lowest BCUT2D eigenvalue weighted by Crippen LogP contribution is -2.25. The number of hydrogen-bond donors (Lipinski definition) is 1. The fraction of sp³-hybridized carbons (Fsp3) is 0.417. The van der Waals surface area contributed by atoms with Crippen LogP contribution in [0.1, 0.15) is 80.3 Å². The molecule has 0 saturated carbocycles. The Labute approximate surface area is 182 Å². The molecule has 7 heteroatoms. The van der Waals surface area contributed by atoms with E-state index in [0.717, 1.165) is 11.1 Å². The summed E-state index contributed by atoms with van der Waals surface area (Å²) >= 11 is 0. The Balaban J connectivity index is 2.01. The zero-order valence-electron chi connectivity index (χ0n) is 18.9. The average molecular weight is 427 g/mol. The van der Waals surface area contributed by atoms with E-state index < -0.39 is 23.8 Å².